The third-order valence-electron chi connectivity index (χ3n) is 1.54. The lowest BCUT2D eigenvalue weighted by atomic mass is 10.3. The fourth-order valence-electron chi connectivity index (χ4n) is 0.912. The van der Waals surface area contributed by atoms with Gasteiger partial charge >= 0.3 is 0 Å². The van der Waals surface area contributed by atoms with E-state index in [0.717, 1.165) is 23.9 Å². The molecule has 0 bridgehead atoms. The van der Waals surface area contributed by atoms with Gasteiger partial charge < -0.3 is 10.8 Å². The molecule has 1 rings (SSSR count). The average Bonchev–Trinajstić information content (AvgIpc) is 2.32. The minimum atomic E-state index is 0.234. The molecule has 4 nitrogen and oxygen atoms in total. The van der Waals surface area contributed by atoms with Crippen molar-refractivity contribution in [1.29, 1.82) is 0 Å². The van der Waals surface area contributed by atoms with E-state index < -0.39 is 0 Å². The molecule has 0 unspecified atom stereocenters. The molecule has 3 N–H and O–H groups in total. The largest absolute Gasteiger partial charge is 0.396 e. The van der Waals surface area contributed by atoms with Crippen molar-refractivity contribution in [1.82, 2.24) is 9.78 Å². The maximum atomic E-state index is 8.54. The molecule has 1 aromatic heterocycles. The number of aliphatic hydroxyl groups excluding tert-OH is 1. The third kappa shape index (κ3) is 2.49. The maximum Gasteiger partial charge on any atom is 0.159 e. The lowest BCUT2D eigenvalue weighted by Crippen LogP contribution is -2.00. The van der Waals surface area contributed by atoms with Gasteiger partial charge in [-0.2, -0.15) is 5.10 Å². The number of nitrogens with zero attached hydrogens (tertiary/aromatic N) is 2. The topological polar surface area (TPSA) is 64.1 Å². The maximum absolute atomic E-state index is 8.54. The zero-order valence-corrected chi connectivity index (χ0v) is 8.29. The van der Waals surface area contributed by atoms with Crippen LogP contribution in [0.3, 0.4) is 0 Å². The van der Waals surface area contributed by atoms with E-state index >= 15 is 0 Å². The van der Waals surface area contributed by atoms with Gasteiger partial charge in [-0.3, -0.25) is 4.68 Å². The molecule has 1 heterocycles. The normalized spacial score (nSPS) is 10.5. The summed E-state index contributed by atoms with van der Waals surface area (Å²) < 4.78 is 2.60. The lowest BCUT2D eigenvalue weighted by molar-refractivity contribution is 0.280. The predicted octanol–water partition coefficient (Wildman–Crippen LogP) is 1.00. The summed E-state index contributed by atoms with van der Waals surface area (Å²) in [6, 6.07) is 0. The molecule has 5 heteroatoms. The fraction of sp³-hybridized carbons (Fsp3) is 0.571. The second kappa shape index (κ2) is 4.47. The van der Waals surface area contributed by atoms with E-state index in [9.17, 15) is 0 Å². The first kappa shape index (κ1) is 9.54. The van der Waals surface area contributed by atoms with Gasteiger partial charge in [-0.25, -0.2) is 0 Å². The standard InChI is InChI=1S/C7H12BrN3O/c8-6-5-11(10-7(6)9)3-1-2-4-12/h5,12H,1-4H2,(H2,9,10). The van der Waals surface area contributed by atoms with Gasteiger partial charge in [-0.15, -0.1) is 0 Å². The van der Waals surface area contributed by atoms with Gasteiger partial charge in [0.05, 0.1) is 4.47 Å². The number of aryl methyl sites for hydroxylation is 1. The highest BCUT2D eigenvalue weighted by Crippen LogP contribution is 2.16. The Morgan fingerprint density at radius 3 is 2.83 bits per heavy atom. The molecule has 68 valence electrons. The summed E-state index contributed by atoms with van der Waals surface area (Å²) in [4.78, 5) is 0. The smallest absolute Gasteiger partial charge is 0.159 e. The summed E-state index contributed by atoms with van der Waals surface area (Å²) in [5, 5.41) is 12.6. The highest BCUT2D eigenvalue weighted by atomic mass is 79.9. The summed E-state index contributed by atoms with van der Waals surface area (Å²) in [5.74, 6) is 0.513. The number of anilines is 1. The van der Waals surface area contributed by atoms with Crippen molar-refractivity contribution in [3.63, 3.8) is 0 Å². The van der Waals surface area contributed by atoms with Crippen molar-refractivity contribution in [3.05, 3.63) is 10.7 Å². The summed E-state index contributed by atoms with van der Waals surface area (Å²) in [7, 11) is 0. The Bertz CT molecular complexity index is 229. The Morgan fingerprint density at radius 2 is 2.33 bits per heavy atom. The number of rotatable bonds is 4. The second-order valence-corrected chi connectivity index (χ2v) is 3.41. The van der Waals surface area contributed by atoms with Crippen LogP contribution in [0.5, 0.6) is 0 Å². The molecule has 0 aliphatic carbocycles. The van der Waals surface area contributed by atoms with Crippen molar-refractivity contribution >= 4 is 21.7 Å². The summed E-state index contributed by atoms with van der Waals surface area (Å²) in [6.45, 7) is 1.04. The number of hydrogen-bond acceptors (Lipinski definition) is 3. The van der Waals surface area contributed by atoms with E-state index in [0.29, 0.717) is 5.82 Å². The van der Waals surface area contributed by atoms with E-state index in [-0.39, 0.29) is 6.61 Å². The molecule has 0 radical (unpaired) electrons. The van der Waals surface area contributed by atoms with Gasteiger partial charge in [0.15, 0.2) is 5.82 Å². The van der Waals surface area contributed by atoms with Crippen LogP contribution in [-0.2, 0) is 6.54 Å². The molecular formula is C7H12BrN3O. The summed E-state index contributed by atoms with van der Waals surface area (Å²) in [6.07, 6.45) is 3.56. The number of halogens is 1. The number of aliphatic hydroxyl groups is 1. The minimum absolute atomic E-state index is 0.234. The first-order valence-corrected chi connectivity index (χ1v) is 4.62. The Balaban J connectivity index is 2.42. The predicted molar refractivity (Wildman–Crippen MR) is 50.7 cm³/mol. The van der Waals surface area contributed by atoms with Crippen LogP contribution in [-0.4, -0.2) is 21.5 Å². The molecule has 0 aliphatic heterocycles. The quantitative estimate of drug-likeness (QED) is 0.764. The summed E-state index contributed by atoms with van der Waals surface area (Å²) >= 11 is 3.27. The first-order chi connectivity index (χ1) is 5.74. The van der Waals surface area contributed by atoms with Gasteiger partial charge in [0.2, 0.25) is 0 Å². The van der Waals surface area contributed by atoms with Crippen LogP contribution >= 0.6 is 15.9 Å². The van der Waals surface area contributed by atoms with Crippen LogP contribution in [0.2, 0.25) is 0 Å². The van der Waals surface area contributed by atoms with Gasteiger partial charge in [0, 0.05) is 19.3 Å². The average molecular weight is 234 g/mol. The molecule has 0 fully saturated rings. The highest BCUT2D eigenvalue weighted by Gasteiger charge is 2.00. The Kier molecular flexibility index (Phi) is 3.55. The monoisotopic (exact) mass is 233 g/mol. The van der Waals surface area contributed by atoms with Crippen LogP contribution in [0.15, 0.2) is 10.7 Å². The van der Waals surface area contributed by atoms with Gasteiger partial charge in [0.25, 0.3) is 0 Å². The van der Waals surface area contributed by atoms with E-state index in [4.69, 9.17) is 10.8 Å². The summed E-state index contributed by atoms with van der Waals surface area (Å²) in [5.41, 5.74) is 5.52. The van der Waals surface area contributed by atoms with Crippen LogP contribution in [0.25, 0.3) is 0 Å². The van der Waals surface area contributed by atoms with Crippen LogP contribution in [0.4, 0.5) is 5.82 Å². The molecule has 0 aromatic carbocycles. The van der Waals surface area contributed by atoms with Gasteiger partial charge in [-0.05, 0) is 28.8 Å². The van der Waals surface area contributed by atoms with Crippen molar-refractivity contribution in [3.8, 4) is 0 Å². The minimum Gasteiger partial charge on any atom is -0.396 e. The molecule has 0 amide bonds. The van der Waals surface area contributed by atoms with Crippen LogP contribution in [0.1, 0.15) is 12.8 Å². The molecule has 1 aromatic rings. The SMILES string of the molecule is Nc1nn(CCCCO)cc1Br. The van der Waals surface area contributed by atoms with Crippen molar-refractivity contribution < 1.29 is 5.11 Å². The highest BCUT2D eigenvalue weighted by molar-refractivity contribution is 9.10. The molecule has 0 saturated heterocycles. The Labute approximate surface area is 79.5 Å². The molecule has 0 spiro atoms. The van der Waals surface area contributed by atoms with Crippen LogP contribution in [0, 0.1) is 0 Å². The Hall–Kier alpha value is -0.550. The molecular weight excluding hydrogens is 222 g/mol. The van der Waals surface area contributed by atoms with E-state index in [1.807, 2.05) is 6.20 Å². The molecule has 0 atom stereocenters. The van der Waals surface area contributed by atoms with Crippen LogP contribution < -0.4 is 5.73 Å². The third-order valence-corrected chi connectivity index (χ3v) is 2.15. The van der Waals surface area contributed by atoms with E-state index in [1.165, 1.54) is 0 Å². The van der Waals surface area contributed by atoms with Crippen molar-refractivity contribution in [2.75, 3.05) is 12.3 Å². The van der Waals surface area contributed by atoms with Gasteiger partial charge in [0.1, 0.15) is 0 Å². The van der Waals surface area contributed by atoms with E-state index in [2.05, 4.69) is 21.0 Å². The molecule has 0 saturated carbocycles. The number of nitrogens with two attached hydrogens (primary N) is 1. The number of aromatic nitrogens is 2. The van der Waals surface area contributed by atoms with E-state index in [1.54, 1.807) is 4.68 Å². The molecule has 0 aliphatic rings. The fourth-order valence-corrected chi connectivity index (χ4v) is 1.23. The van der Waals surface area contributed by atoms with Crippen molar-refractivity contribution in [2.45, 2.75) is 19.4 Å². The number of nitrogen functional groups attached to an aromatic ring is 1. The molecule has 12 heavy (non-hydrogen) atoms. The lowest BCUT2D eigenvalue weighted by Gasteiger charge is -1.97. The number of hydrogen-bond donors (Lipinski definition) is 2. The van der Waals surface area contributed by atoms with Gasteiger partial charge in [-0.1, -0.05) is 0 Å². The zero-order valence-electron chi connectivity index (χ0n) is 6.70. The first-order valence-electron chi connectivity index (χ1n) is 3.83. The zero-order chi connectivity index (χ0) is 8.97. The van der Waals surface area contributed by atoms with Crippen molar-refractivity contribution in [2.24, 2.45) is 0 Å². The second-order valence-electron chi connectivity index (χ2n) is 2.56. The Morgan fingerprint density at radius 1 is 1.58 bits per heavy atom. The number of unbranched alkanes of at least 4 members (excludes halogenated alkanes) is 1.